The van der Waals surface area contributed by atoms with E-state index in [1.165, 1.54) is 24.3 Å². The number of hydrogen-bond acceptors (Lipinski definition) is 4. The van der Waals surface area contributed by atoms with Gasteiger partial charge in [-0.3, -0.25) is 9.69 Å². The van der Waals surface area contributed by atoms with E-state index in [1.807, 2.05) is 13.0 Å². The topological polar surface area (TPSA) is 50.6 Å². The van der Waals surface area contributed by atoms with Crippen molar-refractivity contribution in [3.63, 3.8) is 0 Å². The van der Waals surface area contributed by atoms with E-state index in [9.17, 15) is 26.7 Å². The summed E-state index contributed by atoms with van der Waals surface area (Å²) in [5.41, 5.74) is 2.34. The predicted molar refractivity (Wildman–Crippen MR) is 114 cm³/mol. The predicted octanol–water partition coefficient (Wildman–Crippen LogP) is 4.52. The molecule has 3 heterocycles. The number of rotatable bonds is 5. The highest BCUT2D eigenvalue weighted by atomic mass is 19.4. The van der Waals surface area contributed by atoms with Crippen LogP contribution < -0.4 is 4.74 Å². The Morgan fingerprint density at radius 1 is 1.09 bits per heavy atom. The van der Waals surface area contributed by atoms with Crippen molar-refractivity contribution in [2.24, 2.45) is 0 Å². The van der Waals surface area contributed by atoms with Crippen LogP contribution in [-0.4, -0.2) is 70.5 Å². The summed E-state index contributed by atoms with van der Waals surface area (Å²) in [5, 5.41) is 4.66. The van der Waals surface area contributed by atoms with Crippen LogP contribution in [0.4, 0.5) is 22.0 Å². The van der Waals surface area contributed by atoms with Crippen molar-refractivity contribution in [1.82, 2.24) is 19.6 Å². The minimum Gasteiger partial charge on any atom is -0.406 e. The molecule has 4 rings (SSSR count). The SMILES string of the molecule is Cc1cc(C2CCN(C(=O)CN3CCC(F)(F)CC3)CC2)nn1-c1ccc(OC(F)(F)F)cc1. The molecule has 11 heteroatoms. The molecule has 186 valence electrons. The third-order valence-corrected chi connectivity index (χ3v) is 6.43. The van der Waals surface area contributed by atoms with Gasteiger partial charge >= 0.3 is 6.36 Å². The van der Waals surface area contributed by atoms with Crippen molar-refractivity contribution in [3.8, 4) is 11.4 Å². The number of hydrogen-bond donors (Lipinski definition) is 0. The molecule has 2 fully saturated rings. The normalized spacial score (nSPS) is 19.9. The number of benzene rings is 1. The maximum absolute atomic E-state index is 13.3. The first-order valence-electron chi connectivity index (χ1n) is 11.3. The summed E-state index contributed by atoms with van der Waals surface area (Å²) >= 11 is 0. The van der Waals surface area contributed by atoms with Gasteiger partial charge in [0.1, 0.15) is 5.75 Å². The highest BCUT2D eigenvalue weighted by Crippen LogP contribution is 2.30. The van der Waals surface area contributed by atoms with E-state index in [4.69, 9.17) is 0 Å². The Bertz CT molecular complexity index is 988. The number of nitrogens with zero attached hydrogens (tertiary/aromatic N) is 4. The molecular formula is C23H27F5N4O2. The van der Waals surface area contributed by atoms with Crippen molar-refractivity contribution in [2.75, 3.05) is 32.7 Å². The molecule has 1 aromatic carbocycles. The van der Waals surface area contributed by atoms with Gasteiger partial charge in [-0.2, -0.15) is 5.10 Å². The van der Waals surface area contributed by atoms with Gasteiger partial charge in [0.15, 0.2) is 0 Å². The van der Waals surface area contributed by atoms with Gasteiger partial charge < -0.3 is 9.64 Å². The van der Waals surface area contributed by atoms with Crippen LogP contribution in [0.5, 0.6) is 5.75 Å². The van der Waals surface area contributed by atoms with Gasteiger partial charge in [-0.1, -0.05) is 0 Å². The first-order valence-corrected chi connectivity index (χ1v) is 11.3. The minimum atomic E-state index is -4.74. The fourth-order valence-electron chi connectivity index (χ4n) is 4.50. The van der Waals surface area contributed by atoms with Gasteiger partial charge in [-0.15, -0.1) is 13.2 Å². The van der Waals surface area contributed by atoms with E-state index in [1.54, 1.807) is 14.5 Å². The lowest BCUT2D eigenvalue weighted by molar-refractivity contribution is -0.274. The molecule has 1 aromatic heterocycles. The molecule has 2 saturated heterocycles. The first-order chi connectivity index (χ1) is 16.0. The average Bonchev–Trinajstić information content (AvgIpc) is 3.16. The van der Waals surface area contributed by atoms with Crippen LogP contribution in [0.15, 0.2) is 30.3 Å². The quantitative estimate of drug-likeness (QED) is 0.584. The Hall–Kier alpha value is -2.69. The lowest BCUT2D eigenvalue weighted by atomic mass is 9.93. The Morgan fingerprint density at radius 2 is 1.71 bits per heavy atom. The summed E-state index contributed by atoms with van der Waals surface area (Å²) in [6.07, 6.45) is -3.68. The van der Waals surface area contributed by atoms with Crippen molar-refractivity contribution in [1.29, 1.82) is 0 Å². The molecule has 2 aliphatic rings. The molecule has 0 spiro atoms. The minimum absolute atomic E-state index is 0.0356. The molecular weight excluding hydrogens is 459 g/mol. The molecule has 0 atom stereocenters. The highest BCUT2D eigenvalue weighted by Gasteiger charge is 2.35. The molecule has 0 radical (unpaired) electrons. The molecule has 2 aromatic rings. The number of likely N-dealkylation sites (tertiary alicyclic amines) is 2. The highest BCUT2D eigenvalue weighted by molar-refractivity contribution is 5.78. The van der Waals surface area contributed by atoms with Gasteiger partial charge in [-0.05, 0) is 50.1 Å². The number of aromatic nitrogens is 2. The molecule has 0 bridgehead atoms. The van der Waals surface area contributed by atoms with E-state index in [0.29, 0.717) is 18.8 Å². The van der Waals surface area contributed by atoms with Crippen molar-refractivity contribution in [2.45, 2.75) is 50.8 Å². The van der Waals surface area contributed by atoms with Crippen molar-refractivity contribution in [3.05, 3.63) is 41.7 Å². The molecule has 6 nitrogen and oxygen atoms in total. The van der Waals surface area contributed by atoms with Crippen molar-refractivity contribution < 1.29 is 31.5 Å². The second-order valence-electron chi connectivity index (χ2n) is 8.95. The lowest BCUT2D eigenvalue weighted by Crippen LogP contribution is -2.47. The molecule has 34 heavy (non-hydrogen) atoms. The number of aryl methyl sites for hydroxylation is 1. The molecule has 0 unspecified atom stereocenters. The van der Waals surface area contributed by atoms with Gasteiger partial charge in [-0.25, -0.2) is 13.5 Å². The largest absolute Gasteiger partial charge is 0.573 e. The van der Waals surface area contributed by atoms with Gasteiger partial charge in [0.05, 0.1) is 17.9 Å². The van der Waals surface area contributed by atoms with E-state index in [2.05, 4.69) is 9.84 Å². The zero-order valence-corrected chi connectivity index (χ0v) is 18.8. The molecule has 1 amide bonds. The molecule has 2 aliphatic heterocycles. The van der Waals surface area contributed by atoms with E-state index in [0.717, 1.165) is 24.2 Å². The van der Waals surface area contributed by atoms with E-state index in [-0.39, 0.29) is 50.1 Å². The Kier molecular flexibility index (Phi) is 6.84. The Morgan fingerprint density at radius 3 is 2.29 bits per heavy atom. The van der Waals surface area contributed by atoms with Gasteiger partial charge in [0.2, 0.25) is 5.91 Å². The number of halogens is 5. The smallest absolute Gasteiger partial charge is 0.406 e. The van der Waals surface area contributed by atoms with Crippen LogP contribution in [0.2, 0.25) is 0 Å². The fraction of sp³-hybridized carbons (Fsp3) is 0.565. The third kappa shape index (κ3) is 6.05. The lowest BCUT2D eigenvalue weighted by Gasteiger charge is -2.35. The van der Waals surface area contributed by atoms with Gasteiger partial charge in [0, 0.05) is 50.6 Å². The Labute approximate surface area is 194 Å². The fourth-order valence-corrected chi connectivity index (χ4v) is 4.50. The van der Waals surface area contributed by atoms with Crippen LogP contribution in [0.25, 0.3) is 5.69 Å². The molecule has 0 aliphatic carbocycles. The second-order valence-corrected chi connectivity index (χ2v) is 8.95. The van der Waals surface area contributed by atoms with E-state index >= 15 is 0 Å². The van der Waals surface area contributed by atoms with Crippen molar-refractivity contribution >= 4 is 5.91 Å². The summed E-state index contributed by atoms with van der Waals surface area (Å²) < 4.78 is 69.3. The van der Waals surface area contributed by atoms with E-state index < -0.39 is 12.3 Å². The van der Waals surface area contributed by atoms with Gasteiger partial charge in [0.25, 0.3) is 5.92 Å². The zero-order valence-electron chi connectivity index (χ0n) is 18.8. The summed E-state index contributed by atoms with van der Waals surface area (Å²) in [4.78, 5) is 16.2. The third-order valence-electron chi connectivity index (χ3n) is 6.43. The summed E-state index contributed by atoms with van der Waals surface area (Å²) in [6, 6.07) is 7.48. The summed E-state index contributed by atoms with van der Waals surface area (Å²) in [5.74, 6) is -2.80. The standard InChI is InChI=1S/C23H27F5N4O2/c1-16-14-20(29-32(16)18-2-4-19(5-3-18)34-23(26,27)28)17-6-10-31(11-7-17)21(33)15-30-12-8-22(24,25)9-13-30/h2-5,14,17H,6-13,15H2,1H3. The maximum atomic E-state index is 13.3. The number of alkyl halides is 5. The van der Waals surface area contributed by atoms with Crippen LogP contribution >= 0.6 is 0 Å². The monoisotopic (exact) mass is 486 g/mol. The van der Waals surface area contributed by atoms with Crippen LogP contribution in [-0.2, 0) is 4.79 Å². The second kappa shape index (κ2) is 9.52. The maximum Gasteiger partial charge on any atom is 0.573 e. The summed E-state index contributed by atoms with van der Waals surface area (Å²) in [6.45, 7) is 3.65. The number of ether oxygens (including phenoxy) is 1. The van der Waals surface area contributed by atoms with Crippen LogP contribution in [0.1, 0.15) is 43.0 Å². The first kappa shape index (κ1) is 24.4. The molecule has 0 saturated carbocycles. The summed E-state index contributed by atoms with van der Waals surface area (Å²) in [7, 11) is 0. The average molecular weight is 486 g/mol. The number of carbonyl (C=O) groups is 1. The van der Waals surface area contributed by atoms with Crippen LogP contribution in [0, 0.1) is 6.92 Å². The zero-order chi connectivity index (χ0) is 24.5. The molecule has 0 N–H and O–H groups in total. The number of amides is 1. The van der Waals surface area contributed by atoms with Crippen LogP contribution in [0.3, 0.4) is 0 Å². The number of carbonyl (C=O) groups excluding carboxylic acids is 1. The number of piperidine rings is 2. The Balaban J connectivity index is 1.32.